The molecule has 1 aliphatic heterocycles. The molecule has 0 aliphatic carbocycles. The number of nitrogens with two attached hydrogens (primary N) is 1. The molecule has 0 spiro atoms. The molecule has 2 rings (SSSR count). The van der Waals surface area contributed by atoms with Crippen LogP contribution in [0.1, 0.15) is 25.0 Å². The number of hydrogen-bond donors (Lipinski definition) is 2. The Balaban J connectivity index is 1.79. The fourth-order valence-corrected chi connectivity index (χ4v) is 1.87. The maximum absolute atomic E-state index is 11.7. The highest BCUT2D eigenvalue weighted by molar-refractivity contribution is 5.75. The van der Waals surface area contributed by atoms with Crippen LogP contribution in [0.25, 0.3) is 0 Å². The monoisotopic (exact) mass is 238 g/mol. The average Bonchev–Trinajstić information content (AvgIpc) is 2.78. The van der Waals surface area contributed by atoms with Gasteiger partial charge < -0.3 is 5.73 Å². The minimum Gasteiger partial charge on any atom is -0.325 e. The lowest BCUT2D eigenvalue weighted by Crippen LogP contribution is -2.46. The van der Waals surface area contributed by atoms with Crippen LogP contribution < -0.4 is 11.2 Å². The standard InChI is InChI=1S/C10H18N6O/c11-6-9-7-16(14-12-9)8-10(17)13-15-4-2-1-3-5-15/h7H,1-6,8,11H2,(H,13,17). The Morgan fingerprint density at radius 3 is 2.82 bits per heavy atom. The van der Waals surface area contributed by atoms with Gasteiger partial charge in [0.15, 0.2) is 0 Å². The van der Waals surface area contributed by atoms with Crippen molar-refractivity contribution in [1.82, 2.24) is 25.4 Å². The number of amides is 1. The molecule has 1 saturated heterocycles. The summed E-state index contributed by atoms with van der Waals surface area (Å²) in [4.78, 5) is 11.7. The van der Waals surface area contributed by atoms with E-state index < -0.39 is 0 Å². The van der Waals surface area contributed by atoms with E-state index in [2.05, 4.69) is 15.7 Å². The van der Waals surface area contributed by atoms with E-state index >= 15 is 0 Å². The van der Waals surface area contributed by atoms with Gasteiger partial charge in [0.2, 0.25) is 0 Å². The molecular weight excluding hydrogens is 220 g/mol. The van der Waals surface area contributed by atoms with Crippen molar-refractivity contribution in [3.8, 4) is 0 Å². The average molecular weight is 238 g/mol. The van der Waals surface area contributed by atoms with Crippen molar-refractivity contribution in [3.05, 3.63) is 11.9 Å². The van der Waals surface area contributed by atoms with Crippen LogP contribution in [0.2, 0.25) is 0 Å². The summed E-state index contributed by atoms with van der Waals surface area (Å²) in [5.41, 5.74) is 8.98. The summed E-state index contributed by atoms with van der Waals surface area (Å²) >= 11 is 0. The molecule has 0 aromatic carbocycles. The summed E-state index contributed by atoms with van der Waals surface area (Å²) in [6.07, 6.45) is 5.22. The number of rotatable bonds is 4. The van der Waals surface area contributed by atoms with E-state index in [0.717, 1.165) is 25.9 Å². The quantitative estimate of drug-likeness (QED) is 0.720. The minimum absolute atomic E-state index is 0.0691. The molecule has 1 aromatic heterocycles. The lowest BCUT2D eigenvalue weighted by molar-refractivity contribution is -0.127. The van der Waals surface area contributed by atoms with Crippen LogP contribution in [-0.2, 0) is 17.9 Å². The molecular formula is C10H18N6O. The normalized spacial score (nSPS) is 17.0. The Labute approximate surface area is 99.9 Å². The second-order valence-electron chi connectivity index (χ2n) is 4.19. The van der Waals surface area contributed by atoms with E-state index in [0.29, 0.717) is 12.2 Å². The van der Waals surface area contributed by atoms with Crippen LogP contribution in [-0.4, -0.2) is 39.0 Å². The van der Waals surface area contributed by atoms with Crippen molar-refractivity contribution in [2.45, 2.75) is 32.4 Å². The van der Waals surface area contributed by atoms with Gasteiger partial charge in [0.25, 0.3) is 5.91 Å². The van der Waals surface area contributed by atoms with Crippen molar-refractivity contribution < 1.29 is 4.79 Å². The molecule has 7 heteroatoms. The van der Waals surface area contributed by atoms with Gasteiger partial charge in [0, 0.05) is 19.6 Å². The number of carbonyl (C=O) groups is 1. The third-order valence-electron chi connectivity index (χ3n) is 2.74. The summed E-state index contributed by atoms with van der Waals surface area (Å²) in [7, 11) is 0. The van der Waals surface area contributed by atoms with Gasteiger partial charge in [-0.25, -0.2) is 9.69 Å². The number of nitrogens with one attached hydrogen (secondary N) is 1. The molecule has 2 heterocycles. The topological polar surface area (TPSA) is 89.1 Å². The number of piperidine rings is 1. The fraction of sp³-hybridized carbons (Fsp3) is 0.700. The molecule has 0 radical (unpaired) electrons. The molecule has 1 fully saturated rings. The maximum Gasteiger partial charge on any atom is 0.256 e. The smallest absolute Gasteiger partial charge is 0.256 e. The molecule has 7 nitrogen and oxygen atoms in total. The zero-order valence-corrected chi connectivity index (χ0v) is 9.80. The Morgan fingerprint density at radius 1 is 1.41 bits per heavy atom. The van der Waals surface area contributed by atoms with Crippen LogP contribution in [0.3, 0.4) is 0 Å². The predicted molar refractivity (Wildman–Crippen MR) is 61.5 cm³/mol. The SMILES string of the molecule is NCc1cn(CC(=O)NN2CCCCC2)nn1. The van der Waals surface area contributed by atoms with Crippen molar-refractivity contribution in [1.29, 1.82) is 0 Å². The van der Waals surface area contributed by atoms with Gasteiger partial charge in [-0.2, -0.15) is 0 Å². The van der Waals surface area contributed by atoms with Gasteiger partial charge in [0.05, 0.1) is 11.9 Å². The van der Waals surface area contributed by atoms with Crippen molar-refractivity contribution in [2.24, 2.45) is 5.73 Å². The Hall–Kier alpha value is -1.47. The van der Waals surface area contributed by atoms with Gasteiger partial charge in [-0.15, -0.1) is 5.10 Å². The Morgan fingerprint density at radius 2 is 2.18 bits per heavy atom. The second-order valence-corrected chi connectivity index (χ2v) is 4.19. The molecule has 1 amide bonds. The summed E-state index contributed by atoms with van der Waals surface area (Å²) in [5, 5.41) is 9.62. The zero-order chi connectivity index (χ0) is 12.1. The Bertz CT molecular complexity index is 371. The van der Waals surface area contributed by atoms with Crippen LogP contribution in [0, 0.1) is 0 Å². The molecule has 1 aromatic rings. The molecule has 94 valence electrons. The molecule has 3 N–H and O–H groups in total. The van der Waals surface area contributed by atoms with Gasteiger partial charge in [-0.1, -0.05) is 11.6 Å². The van der Waals surface area contributed by atoms with Crippen LogP contribution >= 0.6 is 0 Å². The third-order valence-corrected chi connectivity index (χ3v) is 2.74. The minimum atomic E-state index is -0.0691. The number of nitrogens with zero attached hydrogens (tertiary/aromatic N) is 4. The number of carbonyl (C=O) groups excluding carboxylic acids is 1. The highest BCUT2D eigenvalue weighted by Gasteiger charge is 2.13. The highest BCUT2D eigenvalue weighted by Crippen LogP contribution is 2.05. The Kier molecular flexibility index (Phi) is 4.05. The third kappa shape index (κ3) is 3.50. The van der Waals surface area contributed by atoms with Gasteiger partial charge in [0.1, 0.15) is 6.54 Å². The number of hydrogen-bond acceptors (Lipinski definition) is 5. The first-order valence-corrected chi connectivity index (χ1v) is 5.91. The van der Waals surface area contributed by atoms with Crippen LogP contribution in [0.15, 0.2) is 6.20 Å². The van der Waals surface area contributed by atoms with Crippen LogP contribution in [0.4, 0.5) is 0 Å². The second kappa shape index (κ2) is 5.74. The lowest BCUT2D eigenvalue weighted by Gasteiger charge is -2.26. The molecule has 0 bridgehead atoms. The molecule has 0 unspecified atom stereocenters. The van der Waals surface area contributed by atoms with E-state index in [4.69, 9.17) is 5.73 Å². The van der Waals surface area contributed by atoms with Gasteiger partial charge in [-0.05, 0) is 12.8 Å². The zero-order valence-electron chi connectivity index (χ0n) is 9.80. The highest BCUT2D eigenvalue weighted by atomic mass is 16.2. The number of aromatic nitrogens is 3. The molecule has 17 heavy (non-hydrogen) atoms. The van der Waals surface area contributed by atoms with E-state index in [1.54, 1.807) is 6.20 Å². The first-order valence-electron chi connectivity index (χ1n) is 5.91. The summed E-state index contributed by atoms with van der Waals surface area (Å²) in [5.74, 6) is -0.0691. The largest absolute Gasteiger partial charge is 0.325 e. The summed E-state index contributed by atoms with van der Waals surface area (Å²) < 4.78 is 1.50. The first-order chi connectivity index (χ1) is 8.28. The molecule has 1 aliphatic rings. The van der Waals surface area contributed by atoms with E-state index in [1.165, 1.54) is 11.1 Å². The predicted octanol–water partition coefficient (Wildman–Crippen LogP) is -0.746. The van der Waals surface area contributed by atoms with E-state index in [1.807, 2.05) is 5.01 Å². The van der Waals surface area contributed by atoms with Crippen LogP contribution in [0.5, 0.6) is 0 Å². The summed E-state index contributed by atoms with van der Waals surface area (Å²) in [6.45, 7) is 2.38. The first kappa shape index (κ1) is 12.0. The lowest BCUT2D eigenvalue weighted by atomic mass is 10.2. The van der Waals surface area contributed by atoms with E-state index in [9.17, 15) is 4.79 Å². The summed E-state index contributed by atoms with van der Waals surface area (Å²) in [6, 6.07) is 0. The van der Waals surface area contributed by atoms with Crippen molar-refractivity contribution >= 4 is 5.91 Å². The fourth-order valence-electron chi connectivity index (χ4n) is 1.87. The van der Waals surface area contributed by atoms with Crippen molar-refractivity contribution in [3.63, 3.8) is 0 Å². The molecule has 0 saturated carbocycles. The number of hydrazine groups is 1. The maximum atomic E-state index is 11.7. The molecule has 0 atom stereocenters. The van der Waals surface area contributed by atoms with Gasteiger partial charge >= 0.3 is 0 Å². The van der Waals surface area contributed by atoms with Gasteiger partial charge in [-0.3, -0.25) is 10.2 Å². The van der Waals surface area contributed by atoms with Crippen molar-refractivity contribution in [2.75, 3.05) is 13.1 Å². The van der Waals surface area contributed by atoms with E-state index in [-0.39, 0.29) is 12.5 Å².